The van der Waals surface area contributed by atoms with Crippen LogP contribution in [0.15, 0.2) is 96.4 Å². The molecule has 3 heterocycles. The molecule has 4 aromatic carbocycles. The van der Waals surface area contributed by atoms with Crippen LogP contribution in [-0.2, 0) is 11.4 Å². The first-order valence-corrected chi connectivity index (χ1v) is 13.1. The molecule has 6 aromatic rings. The van der Waals surface area contributed by atoms with Gasteiger partial charge in [0.05, 0.1) is 26.0 Å². The molecule has 1 atom stereocenters. The predicted molar refractivity (Wildman–Crippen MR) is 154 cm³/mol. The third kappa shape index (κ3) is 4.47. The molecular weight excluding hydrogens is 518 g/mol. The number of oxime groups is 1. The Kier molecular flexibility index (Phi) is 6.16. The minimum Gasteiger partial charge on any atom is -0.497 e. The predicted octanol–water partition coefficient (Wildman–Crippen LogP) is 6.13. The first-order chi connectivity index (χ1) is 20.2. The van der Waals surface area contributed by atoms with E-state index in [1.807, 2.05) is 48.5 Å². The molecule has 0 N–H and O–H groups in total. The number of hydrogen-bond acceptors (Lipinski definition) is 8. The van der Waals surface area contributed by atoms with Crippen LogP contribution >= 0.6 is 0 Å². The molecule has 2 aromatic heterocycles. The topological polar surface area (TPSA) is 92.4 Å². The fourth-order valence-electron chi connectivity index (χ4n) is 5.18. The maximum atomic E-state index is 6.49. The van der Waals surface area contributed by atoms with Crippen LogP contribution in [0.25, 0.3) is 16.4 Å². The van der Waals surface area contributed by atoms with E-state index in [-0.39, 0.29) is 12.5 Å². The van der Waals surface area contributed by atoms with Gasteiger partial charge in [-0.2, -0.15) is 0 Å². The fourth-order valence-corrected chi connectivity index (χ4v) is 5.18. The van der Waals surface area contributed by atoms with Gasteiger partial charge in [-0.15, -0.1) is 5.10 Å². The first-order valence-electron chi connectivity index (χ1n) is 13.1. The lowest BCUT2D eigenvalue weighted by atomic mass is 9.83. The van der Waals surface area contributed by atoms with Crippen molar-refractivity contribution in [2.24, 2.45) is 5.16 Å². The number of nitrogens with zero attached hydrogens (tertiary/aromatic N) is 5. The molecule has 41 heavy (non-hydrogen) atoms. The Morgan fingerprint density at radius 3 is 2.44 bits per heavy atom. The van der Waals surface area contributed by atoms with Gasteiger partial charge in [0.25, 0.3) is 0 Å². The number of ether oxygens (including phenoxy) is 3. The maximum Gasteiger partial charge on any atom is 0.228 e. The Bertz CT molecular complexity index is 1900. The van der Waals surface area contributed by atoms with E-state index in [2.05, 4.69) is 51.6 Å². The van der Waals surface area contributed by atoms with Gasteiger partial charge in [0, 0.05) is 16.9 Å². The van der Waals surface area contributed by atoms with Crippen LogP contribution in [0.4, 0.5) is 0 Å². The first kappa shape index (κ1) is 24.6. The van der Waals surface area contributed by atoms with Gasteiger partial charge < -0.3 is 19.0 Å². The van der Waals surface area contributed by atoms with E-state index < -0.39 is 0 Å². The van der Waals surface area contributed by atoms with Gasteiger partial charge in [-0.25, -0.2) is 14.5 Å². The molecule has 0 fully saturated rings. The van der Waals surface area contributed by atoms with Crippen molar-refractivity contribution in [2.75, 3.05) is 14.2 Å². The molecule has 0 bridgehead atoms. The second-order valence-electron chi connectivity index (χ2n) is 9.55. The summed E-state index contributed by atoms with van der Waals surface area (Å²) in [5.41, 5.74) is 4.46. The Labute approximate surface area is 235 Å². The third-order valence-corrected chi connectivity index (χ3v) is 7.17. The van der Waals surface area contributed by atoms with Crippen LogP contribution < -0.4 is 14.2 Å². The zero-order valence-electron chi connectivity index (χ0n) is 22.4. The highest BCUT2D eigenvalue weighted by Gasteiger charge is 2.34. The van der Waals surface area contributed by atoms with E-state index >= 15 is 0 Å². The van der Waals surface area contributed by atoms with Crippen LogP contribution in [0.1, 0.15) is 34.0 Å². The quantitative estimate of drug-likeness (QED) is 0.176. The summed E-state index contributed by atoms with van der Waals surface area (Å²) < 4.78 is 18.8. The average molecular weight is 544 g/mol. The van der Waals surface area contributed by atoms with Crippen LogP contribution in [0.2, 0.25) is 0 Å². The lowest BCUT2D eigenvalue weighted by molar-refractivity contribution is 0.126. The molecule has 9 heteroatoms. The Morgan fingerprint density at radius 2 is 1.66 bits per heavy atom. The van der Waals surface area contributed by atoms with Crippen molar-refractivity contribution in [2.45, 2.75) is 12.5 Å². The monoisotopic (exact) mass is 543 g/mol. The third-order valence-electron chi connectivity index (χ3n) is 7.17. The van der Waals surface area contributed by atoms with Crippen molar-refractivity contribution in [3.63, 3.8) is 0 Å². The molecule has 1 aliphatic heterocycles. The minimum atomic E-state index is -0.188. The van der Waals surface area contributed by atoms with Crippen LogP contribution in [0, 0.1) is 0 Å². The molecule has 0 saturated heterocycles. The van der Waals surface area contributed by atoms with Gasteiger partial charge in [0.1, 0.15) is 23.6 Å². The summed E-state index contributed by atoms with van der Waals surface area (Å²) in [4.78, 5) is 15.0. The van der Waals surface area contributed by atoms with Crippen molar-refractivity contribution in [1.82, 2.24) is 19.6 Å². The van der Waals surface area contributed by atoms with E-state index in [0.29, 0.717) is 17.4 Å². The van der Waals surface area contributed by atoms with E-state index in [4.69, 9.17) is 24.0 Å². The molecular formula is C32H25N5O4. The highest BCUT2D eigenvalue weighted by Crippen LogP contribution is 2.50. The van der Waals surface area contributed by atoms with Crippen molar-refractivity contribution < 1.29 is 19.0 Å². The summed E-state index contributed by atoms with van der Waals surface area (Å²) in [6, 6.07) is 28.0. The molecule has 0 saturated carbocycles. The lowest BCUT2D eigenvalue weighted by Crippen LogP contribution is -2.15. The van der Waals surface area contributed by atoms with Crippen LogP contribution in [0.3, 0.4) is 0 Å². The molecule has 9 nitrogen and oxygen atoms in total. The molecule has 0 radical (unpaired) electrons. The Balaban J connectivity index is 1.26. The fraction of sp³-hybridized carbons (Fsp3) is 0.125. The SMILES string of the molecule is COc1ccc(/C=N\OCc2nc3c4c(ncn3n2)Oc2c(ccc3ccccc23)[C@@H]4c2ccc(OC)cc2)cc1. The van der Waals surface area contributed by atoms with Crippen molar-refractivity contribution in [1.29, 1.82) is 0 Å². The molecule has 1 aliphatic rings. The molecule has 202 valence electrons. The molecule has 0 aliphatic carbocycles. The summed E-state index contributed by atoms with van der Waals surface area (Å²) in [6.07, 6.45) is 3.25. The number of methoxy groups -OCH3 is 2. The van der Waals surface area contributed by atoms with Gasteiger partial charge in [-0.05, 0) is 52.9 Å². The summed E-state index contributed by atoms with van der Waals surface area (Å²) in [5.74, 6) is 3.15. The number of aromatic nitrogens is 4. The maximum absolute atomic E-state index is 6.49. The van der Waals surface area contributed by atoms with Crippen LogP contribution in [-0.4, -0.2) is 40.0 Å². The Morgan fingerprint density at radius 1 is 0.902 bits per heavy atom. The standard InChI is InChI=1S/C32H25N5O4/c1-38-23-12-7-20(8-13-23)17-34-40-18-27-35-31-29-28(22-9-14-24(39-2)15-10-22)26-16-11-21-5-3-4-6-25(21)30(26)41-32(29)33-19-37(31)36-27/h3-17,19,28H,18H2,1-2H3/b34-17-/t28-/m0/s1. The van der Waals surface area contributed by atoms with Gasteiger partial charge in [-0.1, -0.05) is 53.7 Å². The van der Waals surface area contributed by atoms with Crippen molar-refractivity contribution >= 4 is 22.6 Å². The van der Waals surface area contributed by atoms with Gasteiger partial charge >= 0.3 is 0 Å². The molecule has 0 spiro atoms. The zero-order valence-corrected chi connectivity index (χ0v) is 22.4. The number of benzene rings is 4. The normalized spacial score (nSPS) is 14.0. The van der Waals surface area contributed by atoms with E-state index in [1.165, 1.54) is 0 Å². The van der Waals surface area contributed by atoms with Crippen molar-refractivity contribution in [3.8, 4) is 23.1 Å². The molecule has 7 rings (SSSR count). The van der Waals surface area contributed by atoms with Gasteiger partial charge in [0.2, 0.25) is 5.88 Å². The van der Waals surface area contributed by atoms with Crippen LogP contribution in [0.5, 0.6) is 23.1 Å². The number of rotatable bonds is 7. The number of hydrogen-bond donors (Lipinski definition) is 0. The summed E-state index contributed by atoms with van der Waals surface area (Å²) >= 11 is 0. The van der Waals surface area contributed by atoms with E-state index in [0.717, 1.165) is 50.3 Å². The minimum absolute atomic E-state index is 0.0956. The highest BCUT2D eigenvalue weighted by atomic mass is 16.6. The number of fused-ring (bicyclic) bond motifs is 6. The van der Waals surface area contributed by atoms with E-state index in [9.17, 15) is 0 Å². The Hall–Kier alpha value is -5.44. The largest absolute Gasteiger partial charge is 0.497 e. The second-order valence-corrected chi connectivity index (χ2v) is 9.55. The van der Waals surface area contributed by atoms with Gasteiger partial charge in [-0.3, -0.25) is 0 Å². The lowest BCUT2D eigenvalue weighted by Gasteiger charge is -2.28. The summed E-state index contributed by atoms with van der Waals surface area (Å²) in [5, 5.41) is 10.8. The van der Waals surface area contributed by atoms with E-state index in [1.54, 1.807) is 31.3 Å². The highest BCUT2D eigenvalue weighted by molar-refractivity contribution is 5.91. The zero-order chi connectivity index (χ0) is 27.8. The summed E-state index contributed by atoms with van der Waals surface area (Å²) in [6.45, 7) is 0.0956. The average Bonchev–Trinajstić information content (AvgIpc) is 3.46. The molecule has 0 amide bonds. The second kappa shape index (κ2) is 10.3. The molecule has 0 unspecified atom stereocenters. The smallest absolute Gasteiger partial charge is 0.228 e. The summed E-state index contributed by atoms with van der Waals surface area (Å²) in [7, 11) is 3.29. The van der Waals surface area contributed by atoms with Crippen molar-refractivity contribution in [3.05, 3.63) is 119 Å². The van der Waals surface area contributed by atoms with Gasteiger partial charge in [0.15, 0.2) is 18.1 Å².